The van der Waals surface area contributed by atoms with Crippen LogP contribution in [-0.4, -0.2) is 80.6 Å². The molecule has 2 heterocycles. The Kier molecular flexibility index (Phi) is 20.7. The van der Waals surface area contributed by atoms with Gasteiger partial charge in [0, 0.05) is 25.5 Å². The maximum atomic E-state index is 11.4. The van der Waals surface area contributed by atoms with Crippen LogP contribution in [0.2, 0.25) is 0 Å². The van der Waals surface area contributed by atoms with Crippen molar-refractivity contribution in [2.24, 2.45) is 5.73 Å². The van der Waals surface area contributed by atoms with Gasteiger partial charge in [-0.2, -0.15) is 0 Å². The molecule has 11 nitrogen and oxygen atoms in total. The molecule has 12 heteroatoms. The molecule has 0 unspecified atom stereocenters. The molecule has 2 fully saturated rings. The van der Waals surface area contributed by atoms with Crippen LogP contribution in [0.4, 0.5) is 0 Å². The number of aliphatic hydroxyl groups excluding tert-OH is 1. The van der Waals surface area contributed by atoms with E-state index in [1.54, 1.807) is 6.92 Å². The summed E-state index contributed by atoms with van der Waals surface area (Å²) in [7, 11) is -4.70. The summed E-state index contributed by atoms with van der Waals surface area (Å²) >= 11 is 0. The normalized spacial score (nSPS) is 24.0. The number of nitrogens with two attached hydrogens (primary N) is 1. The SMILES string of the molecule is CCOC(=O)/C=C/CCCC[C@H]1O[C@]2(CCCCCCCCCCCCCCCOC[C@H](N)COS(=O)(=O)[O-])CC[C@@H](O)[C@H]1O2. The summed E-state index contributed by atoms with van der Waals surface area (Å²) in [4.78, 5) is 11.4. The minimum atomic E-state index is -4.70. The highest BCUT2D eigenvalue weighted by Gasteiger charge is 2.52. The zero-order valence-corrected chi connectivity index (χ0v) is 28.4. The van der Waals surface area contributed by atoms with Gasteiger partial charge in [-0.15, -0.1) is 0 Å². The smallest absolute Gasteiger partial charge is 0.330 e. The molecule has 2 bridgehead atoms. The van der Waals surface area contributed by atoms with Gasteiger partial charge in [0.25, 0.3) is 0 Å². The number of hydrogen-bond donors (Lipinski definition) is 2. The first-order valence-electron chi connectivity index (χ1n) is 17.4. The number of aliphatic hydroxyl groups is 1. The fourth-order valence-electron chi connectivity index (χ4n) is 6.11. The molecule has 45 heavy (non-hydrogen) atoms. The summed E-state index contributed by atoms with van der Waals surface area (Å²) in [5.74, 6) is -0.805. The summed E-state index contributed by atoms with van der Waals surface area (Å²) < 4.78 is 58.4. The molecule has 264 valence electrons. The van der Waals surface area contributed by atoms with Gasteiger partial charge in [0.15, 0.2) is 5.79 Å². The van der Waals surface area contributed by atoms with Crippen molar-refractivity contribution in [3.63, 3.8) is 0 Å². The lowest BCUT2D eigenvalue weighted by molar-refractivity contribution is -0.214. The predicted molar refractivity (Wildman–Crippen MR) is 171 cm³/mol. The maximum Gasteiger partial charge on any atom is 0.330 e. The molecule has 0 aromatic carbocycles. The molecule has 0 aromatic rings. The molecule has 0 saturated carbocycles. The van der Waals surface area contributed by atoms with Crippen LogP contribution in [0.5, 0.6) is 0 Å². The molecule has 0 radical (unpaired) electrons. The third-order valence-electron chi connectivity index (χ3n) is 8.54. The van der Waals surface area contributed by atoms with E-state index in [9.17, 15) is 22.9 Å². The zero-order valence-electron chi connectivity index (χ0n) is 27.5. The van der Waals surface area contributed by atoms with Crippen molar-refractivity contribution in [3.05, 3.63) is 12.2 Å². The van der Waals surface area contributed by atoms with E-state index in [0.29, 0.717) is 13.2 Å². The van der Waals surface area contributed by atoms with E-state index in [1.807, 2.05) is 6.08 Å². The first-order chi connectivity index (χ1) is 21.6. The number of ether oxygens (including phenoxy) is 4. The molecular formula is C33H60NO10S-. The molecule has 0 spiro atoms. The lowest BCUT2D eigenvalue weighted by atomic mass is 9.94. The molecule has 0 aromatic heterocycles. The minimum absolute atomic E-state index is 0.0519. The van der Waals surface area contributed by atoms with Crippen LogP contribution >= 0.6 is 0 Å². The second kappa shape index (κ2) is 23.2. The third-order valence-corrected chi connectivity index (χ3v) is 8.96. The van der Waals surface area contributed by atoms with Crippen LogP contribution in [0.15, 0.2) is 12.2 Å². The van der Waals surface area contributed by atoms with Crippen molar-refractivity contribution in [1.29, 1.82) is 0 Å². The number of allylic oxidation sites excluding steroid dienone is 1. The standard InChI is InChI=1S/C33H61NO10S/c1-2-41-31(36)21-17-13-12-16-20-30-32-29(35)22-24-33(43-30,44-32)23-18-14-10-8-6-4-3-5-7-9-11-15-19-25-40-26-28(34)27-42-45(37,38)39/h17,21,28-30,32,35H,2-16,18-20,22-27,34H2,1H3,(H,37,38,39)/p-1/b21-17+/t28-,29+,30+,32+,33-/m0/s1. The minimum Gasteiger partial charge on any atom is -0.726 e. The Labute approximate surface area is 271 Å². The van der Waals surface area contributed by atoms with Gasteiger partial charge in [0.2, 0.25) is 10.4 Å². The van der Waals surface area contributed by atoms with Crippen molar-refractivity contribution in [2.45, 2.75) is 165 Å². The van der Waals surface area contributed by atoms with Crippen LogP contribution in [-0.2, 0) is 38.3 Å². The Morgan fingerprint density at radius 3 is 2.20 bits per heavy atom. The van der Waals surface area contributed by atoms with Crippen LogP contribution in [0.3, 0.4) is 0 Å². The highest BCUT2D eigenvalue weighted by Crippen LogP contribution is 2.44. The average molecular weight is 663 g/mol. The molecule has 5 atom stereocenters. The van der Waals surface area contributed by atoms with Crippen LogP contribution in [0.1, 0.15) is 135 Å². The summed E-state index contributed by atoms with van der Waals surface area (Å²) in [6.07, 6.45) is 24.3. The highest BCUT2D eigenvalue weighted by molar-refractivity contribution is 7.80. The van der Waals surface area contributed by atoms with Crippen molar-refractivity contribution in [3.8, 4) is 0 Å². The van der Waals surface area contributed by atoms with Crippen molar-refractivity contribution in [1.82, 2.24) is 0 Å². The fraction of sp³-hybridized carbons (Fsp3) is 0.909. The third kappa shape index (κ3) is 18.7. The van der Waals surface area contributed by atoms with Gasteiger partial charge in [-0.1, -0.05) is 83.1 Å². The molecule has 3 N–H and O–H groups in total. The number of fused-ring (bicyclic) bond motifs is 2. The van der Waals surface area contributed by atoms with Crippen LogP contribution in [0.25, 0.3) is 0 Å². The first-order valence-corrected chi connectivity index (χ1v) is 18.8. The van der Waals surface area contributed by atoms with E-state index in [2.05, 4.69) is 4.18 Å². The van der Waals surface area contributed by atoms with E-state index in [0.717, 1.165) is 64.2 Å². The van der Waals surface area contributed by atoms with Gasteiger partial charge in [-0.25, -0.2) is 13.2 Å². The number of esters is 1. The number of carbonyl (C=O) groups is 1. The molecule has 2 rings (SSSR count). The molecule has 2 aliphatic rings. The number of carbonyl (C=O) groups excluding carboxylic acids is 1. The Bertz CT molecular complexity index is 917. The summed E-state index contributed by atoms with van der Waals surface area (Å²) in [6, 6.07) is -0.624. The number of hydrogen-bond acceptors (Lipinski definition) is 11. The number of unbranched alkanes of at least 4 members (excludes halogenated alkanes) is 14. The van der Waals surface area contributed by atoms with E-state index in [4.69, 9.17) is 24.7 Å². The second-order valence-electron chi connectivity index (χ2n) is 12.6. The van der Waals surface area contributed by atoms with Crippen LogP contribution < -0.4 is 5.73 Å². The van der Waals surface area contributed by atoms with Gasteiger partial charge < -0.3 is 34.3 Å². The fourth-order valence-corrected chi connectivity index (χ4v) is 6.45. The largest absolute Gasteiger partial charge is 0.726 e. The Hall–Kier alpha value is -1.12. The number of rotatable bonds is 28. The Morgan fingerprint density at radius 1 is 0.956 bits per heavy atom. The monoisotopic (exact) mass is 662 g/mol. The van der Waals surface area contributed by atoms with E-state index >= 15 is 0 Å². The average Bonchev–Trinajstić information content (AvgIpc) is 3.30. The molecule has 2 saturated heterocycles. The van der Waals surface area contributed by atoms with Crippen molar-refractivity contribution < 1.29 is 46.0 Å². The molecule has 0 aliphatic carbocycles. The molecular weight excluding hydrogens is 602 g/mol. The second-order valence-corrected chi connectivity index (χ2v) is 13.6. The zero-order chi connectivity index (χ0) is 32.8. The van der Waals surface area contributed by atoms with Gasteiger partial charge in [0.05, 0.1) is 38.1 Å². The summed E-state index contributed by atoms with van der Waals surface area (Å²) in [5.41, 5.74) is 5.64. The highest BCUT2D eigenvalue weighted by atomic mass is 32.3. The van der Waals surface area contributed by atoms with E-state index in [-0.39, 0.29) is 31.4 Å². The summed E-state index contributed by atoms with van der Waals surface area (Å²) in [5, 5.41) is 10.5. The Morgan fingerprint density at radius 2 is 1.58 bits per heavy atom. The lowest BCUT2D eigenvalue weighted by Crippen LogP contribution is -2.41. The van der Waals surface area contributed by atoms with Gasteiger partial charge in [-0.3, -0.25) is 4.18 Å². The van der Waals surface area contributed by atoms with E-state index in [1.165, 1.54) is 70.3 Å². The van der Waals surface area contributed by atoms with Crippen molar-refractivity contribution >= 4 is 16.4 Å². The molecule has 2 aliphatic heterocycles. The van der Waals surface area contributed by atoms with Gasteiger partial charge in [-0.05, 0) is 45.4 Å². The summed E-state index contributed by atoms with van der Waals surface area (Å²) in [6.45, 7) is 2.58. The first kappa shape index (κ1) is 40.1. The van der Waals surface area contributed by atoms with Crippen LogP contribution in [0, 0.1) is 0 Å². The topological polar surface area (TPSA) is 167 Å². The Balaban J connectivity index is 1.39. The van der Waals surface area contributed by atoms with Gasteiger partial charge >= 0.3 is 5.97 Å². The quantitative estimate of drug-likeness (QED) is 0.0353. The maximum absolute atomic E-state index is 11.4. The van der Waals surface area contributed by atoms with E-state index < -0.39 is 28.3 Å². The lowest BCUT2D eigenvalue weighted by Gasteiger charge is -2.33. The predicted octanol–water partition coefficient (Wildman–Crippen LogP) is 5.58. The van der Waals surface area contributed by atoms with Crippen molar-refractivity contribution in [2.75, 3.05) is 26.4 Å². The molecule has 0 amide bonds. The van der Waals surface area contributed by atoms with Gasteiger partial charge in [0.1, 0.15) is 6.10 Å².